The second-order valence-corrected chi connectivity index (χ2v) is 3.17. The Morgan fingerprint density at radius 1 is 1.50 bits per heavy atom. The first-order valence-electron chi connectivity index (χ1n) is 4.95. The topological polar surface area (TPSA) is 24.9 Å². The molecule has 2 nitrogen and oxygen atoms in total. The van der Waals surface area contributed by atoms with Gasteiger partial charge in [-0.25, -0.2) is 0 Å². The molecule has 0 aliphatic carbocycles. The van der Waals surface area contributed by atoms with Gasteiger partial charge in [0, 0.05) is 12.4 Å². The molecule has 2 heteroatoms. The summed E-state index contributed by atoms with van der Waals surface area (Å²) < 4.78 is 0. The molecule has 1 atom stereocenters. The Bertz CT molecular complexity index is 287. The summed E-state index contributed by atoms with van der Waals surface area (Å²) in [7, 11) is 0. The lowest BCUT2D eigenvalue weighted by Crippen LogP contribution is -2.27. The second kappa shape index (κ2) is 6.17. The summed E-state index contributed by atoms with van der Waals surface area (Å²) in [5.41, 5.74) is 1.29. The van der Waals surface area contributed by atoms with Gasteiger partial charge in [-0.05, 0) is 37.1 Å². The van der Waals surface area contributed by atoms with Crippen LogP contribution in [0.1, 0.15) is 18.9 Å². The van der Waals surface area contributed by atoms with Gasteiger partial charge in [-0.1, -0.05) is 12.8 Å². The van der Waals surface area contributed by atoms with Crippen LogP contribution in [-0.2, 0) is 6.42 Å². The fourth-order valence-corrected chi connectivity index (χ4v) is 1.35. The standard InChI is InChI=1S/C12H16N2/c1-3-12(14-4-2)6-5-11-7-9-13-10-8-11/h1,7-10,12,14H,4-6H2,2H3. The molecule has 1 aromatic rings. The first-order chi connectivity index (χ1) is 6.86. The fourth-order valence-electron chi connectivity index (χ4n) is 1.35. The predicted octanol–water partition coefficient (Wildman–Crippen LogP) is 1.63. The third kappa shape index (κ3) is 3.59. The molecule has 0 saturated heterocycles. The summed E-state index contributed by atoms with van der Waals surface area (Å²) in [4.78, 5) is 3.97. The number of pyridine rings is 1. The molecule has 0 spiro atoms. The van der Waals surface area contributed by atoms with E-state index in [9.17, 15) is 0 Å². The summed E-state index contributed by atoms with van der Waals surface area (Å²) in [6.07, 6.45) is 11.0. The zero-order chi connectivity index (χ0) is 10.2. The van der Waals surface area contributed by atoms with Crippen molar-refractivity contribution in [3.05, 3.63) is 30.1 Å². The number of rotatable bonds is 5. The van der Waals surface area contributed by atoms with Crippen LogP contribution < -0.4 is 5.32 Å². The first kappa shape index (κ1) is 10.7. The third-order valence-corrected chi connectivity index (χ3v) is 2.12. The van der Waals surface area contributed by atoms with E-state index < -0.39 is 0 Å². The summed E-state index contributed by atoms with van der Waals surface area (Å²) in [6.45, 7) is 2.99. The molecule has 0 aliphatic heterocycles. The van der Waals surface area contributed by atoms with Gasteiger partial charge in [0.1, 0.15) is 0 Å². The van der Waals surface area contributed by atoms with Crippen LogP contribution in [0.5, 0.6) is 0 Å². The van der Waals surface area contributed by atoms with Crippen molar-refractivity contribution < 1.29 is 0 Å². The molecule has 0 saturated carbocycles. The van der Waals surface area contributed by atoms with Gasteiger partial charge >= 0.3 is 0 Å². The molecule has 1 heterocycles. The molecule has 0 bridgehead atoms. The molecule has 0 aromatic carbocycles. The minimum Gasteiger partial charge on any atom is -0.304 e. The summed E-state index contributed by atoms with van der Waals surface area (Å²) in [5, 5.41) is 3.25. The van der Waals surface area contributed by atoms with Crippen molar-refractivity contribution in [2.75, 3.05) is 6.54 Å². The average molecular weight is 188 g/mol. The Hall–Kier alpha value is -1.33. The molecule has 0 amide bonds. The Morgan fingerprint density at radius 2 is 2.21 bits per heavy atom. The number of aromatic nitrogens is 1. The number of nitrogens with zero attached hydrogens (tertiary/aromatic N) is 1. The number of terminal acetylenes is 1. The van der Waals surface area contributed by atoms with E-state index in [0.717, 1.165) is 19.4 Å². The molecule has 74 valence electrons. The fraction of sp³-hybridized carbons (Fsp3) is 0.417. The van der Waals surface area contributed by atoms with Crippen LogP contribution in [0.4, 0.5) is 0 Å². The lowest BCUT2D eigenvalue weighted by molar-refractivity contribution is 0.589. The SMILES string of the molecule is C#CC(CCc1ccncc1)NCC. The number of hydrogen-bond donors (Lipinski definition) is 1. The molecule has 1 aromatic heterocycles. The molecule has 1 N–H and O–H groups in total. The highest BCUT2D eigenvalue weighted by Crippen LogP contribution is 2.03. The third-order valence-electron chi connectivity index (χ3n) is 2.12. The van der Waals surface area contributed by atoms with Crippen molar-refractivity contribution in [3.63, 3.8) is 0 Å². The molecule has 0 fully saturated rings. The molecule has 1 unspecified atom stereocenters. The van der Waals surface area contributed by atoms with E-state index in [-0.39, 0.29) is 6.04 Å². The van der Waals surface area contributed by atoms with Crippen molar-refractivity contribution in [1.29, 1.82) is 0 Å². The Labute approximate surface area is 85.8 Å². The van der Waals surface area contributed by atoms with Gasteiger partial charge in [0.15, 0.2) is 0 Å². The van der Waals surface area contributed by atoms with Crippen LogP contribution in [0.3, 0.4) is 0 Å². The van der Waals surface area contributed by atoms with Crippen molar-refractivity contribution in [1.82, 2.24) is 10.3 Å². The summed E-state index contributed by atoms with van der Waals surface area (Å²) in [6, 6.07) is 4.24. The molecule has 1 rings (SSSR count). The highest BCUT2D eigenvalue weighted by Gasteiger charge is 2.02. The van der Waals surface area contributed by atoms with E-state index in [0.29, 0.717) is 0 Å². The Kier molecular flexibility index (Phi) is 4.74. The van der Waals surface area contributed by atoms with E-state index in [4.69, 9.17) is 6.42 Å². The van der Waals surface area contributed by atoms with E-state index in [1.54, 1.807) is 0 Å². The molecule has 0 radical (unpaired) electrons. The Morgan fingerprint density at radius 3 is 2.79 bits per heavy atom. The van der Waals surface area contributed by atoms with Gasteiger partial charge in [-0.2, -0.15) is 0 Å². The lowest BCUT2D eigenvalue weighted by Gasteiger charge is -2.10. The minimum absolute atomic E-state index is 0.188. The van der Waals surface area contributed by atoms with Crippen LogP contribution in [0.2, 0.25) is 0 Å². The highest BCUT2D eigenvalue weighted by atomic mass is 14.9. The minimum atomic E-state index is 0.188. The summed E-state index contributed by atoms with van der Waals surface area (Å²) >= 11 is 0. The lowest BCUT2D eigenvalue weighted by atomic mass is 10.1. The van der Waals surface area contributed by atoms with Crippen LogP contribution in [-0.4, -0.2) is 17.6 Å². The molecule has 14 heavy (non-hydrogen) atoms. The van der Waals surface area contributed by atoms with Gasteiger partial charge in [0.25, 0.3) is 0 Å². The largest absolute Gasteiger partial charge is 0.304 e. The van der Waals surface area contributed by atoms with E-state index in [1.807, 2.05) is 24.5 Å². The van der Waals surface area contributed by atoms with Gasteiger partial charge in [-0.15, -0.1) is 6.42 Å². The van der Waals surface area contributed by atoms with E-state index in [1.165, 1.54) is 5.56 Å². The second-order valence-electron chi connectivity index (χ2n) is 3.17. The maximum absolute atomic E-state index is 5.40. The molecule has 0 aliphatic rings. The van der Waals surface area contributed by atoms with Gasteiger partial charge in [0.05, 0.1) is 6.04 Å². The van der Waals surface area contributed by atoms with Gasteiger partial charge < -0.3 is 5.32 Å². The number of nitrogens with one attached hydrogen (secondary N) is 1. The zero-order valence-corrected chi connectivity index (χ0v) is 8.53. The highest BCUT2D eigenvalue weighted by molar-refractivity contribution is 5.11. The van der Waals surface area contributed by atoms with E-state index >= 15 is 0 Å². The number of aryl methyl sites for hydroxylation is 1. The number of hydrogen-bond acceptors (Lipinski definition) is 2. The smallest absolute Gasteiger partial charge is 0.0690 e. The van der Waals surface area contributed by atoms with Crippen LogP contribution in [0.25, 0.3) is 0 Å². The quantitative estimate of drug-likeness (QED) is 0.710. The average Bonchev–Trinajstić information content (AvgIpc) is 2.25. The van der Waals surface area contributed by atoms with Crippen LogP contribution in [0, 0.1) is 12.3 Å². The zero-order valence-electron chi connectivity index (χ0n) is 8.53. The van der Waals surface area contributed by atoms with Crippen molar-refractivity contribution in [2.24, 2.45) is 0 Å². The normalized spacial score (nSPS) is 12.0. The maximum Gasteiger partial charge on any atom is 0.0690 e. The van der Waals surface area contributed by atoms with Crippen LogP contribution >= 0.6 is 0 Å². The van der Waals surface area contributed by atoms with Crippen LogP contribution in [0.15, 0.2) is 24.5 Å². The predicted molar refractivity (Wildman–Crippen MR) is 58.9 cm³/mol. The van der Waals surface area contributed by atoms with Crippen molar-refractivity contribution in [3.8, 4) is 12.3 Å². The van der Waals surface area contributed by atoms with E-state index in [2.05, 4.69) is 23.1 Å². The van der Waals surface area contributed by atoms with Gasteiger partial charge in [0.2, 0.25) is 0 Å². The first-order valence-corrected chi connectivity index (χ1v) is 4.95. The van der Waals surface area contributed by atoms with Gasteiger partial charge in [-0.3, -0.25) is 4.98 Å². The summed E-state index contributed by atoms with van der Waals surface area (Å²) in [5.74, 6) is 2.75. The molecular formula is C12H16N2. The monoisotopic (exact) mass is 188 g/mol. The Balaban J connectivity index is 2.37. The molecular weight excluding hydrogens is 172 g/mol. The maximum atomic E-state index is 5.40. The van der Waals surface area contributed by atoms with Crippen molar-refractivity contribution in [2.45, 2.75) is 25.8 Å². The van der Waals surface area contributed by atoms with Crippen molar-refractivity contribution >= 4 is 0 Å².